The lowest BCUT2D eigenvalue weighted by Gasteiger charge is -2.08. The van der Waals surface area contributed by atoms with Gasteiger partial charge in [-0.3, -0.25) is 0 Å². The molecule has 0 saturated carbocycles. The summed E-state index contributed by atoms with van der Waals surface area (Å²) in [6.45, 7) is 0.0534. The smallest absolute Gasteiger partial charge is 0.242 e. The third kappa shape index (κ3) is 3.26. The Bertz CT molecular complexity index is 657. The Hall–Kier alpha value is -2.00. The van der Waals surface area contributed by atoms with Crippen molar-refractivity contribution in [2.24, 2.45) is 0 Å². The van der Waals surface area contributed by atoms with Crippen molar-refractivity contribution in [3.8, 4) is 0 Å². The summed E-state index contributed by atoms with van der Waals surface area (Å²) < 4.78 is 43.7. The van der Waals surface area contributed by atoms with Gasteiger partial charge in [0.05, 0.1) is 5.69 Å². The average Bonchev–Trinajstić information content (AvgIpc) is 2.85. The van der Waals surface area contributed by atoms with Gasteiger partial charge >= 0.3 is 0 Å². The maximum atomic E-state index is 13.0. The molecule has 2 rings (SSSR count). The van der Waals surface area contributed by atoms with Crippen LogP contribution < -0.4 is 10.5 Å². The highest BCUT2D eigenvalue weighted by molar-refractivity contribution is 7.89. The van der Waals surface area contributed by atoms with Gasteiger partial charge < -0.3 is 10.3 Å². The van der Waals surface area contributed by atoms with E-state index in [9.17, 15) is 12.8 Å². The van der Waals surface area contributed by atoms with E-state index in [0.29, 0.717) is 5.82 Å². The molecule has 0 atom stereocenters. The summed E-state index contributed by atoms with van der Waals surface area (Å²) in [4.78, 5) is 3.45. The molecule has 7 nitrogen and oxygen atoms in total. The zero-order chi connectivity index (χ0) is 13.9. The van der Waals surface area contributed by atoms with E-state index in [-0.39, 0.29) is 23.5 Å². The molecular formula is C10H11FN4O3S. The van der Waals surface area contributed by atoms with E-state index in [1.54, 1.807) is 0 Å². The van der Waals surface area contributed by atoms with E-state index in [4.69, 9.17) is 5.73 Å². The van der Waals surface area contributed by atoms with Crippen molar-refractivity contribution in [3.63, 3.8) is 0 Å². The van der Waals surface area contributed by atoms with Crippen molar-refractivity contribution >= 4 is 15.7 Å². The van der Waals surface area contributed by atoms with Gasteiger partial charge in [0.1, 0.15) is 10.7 Å². The number of benzene rings is 1. The number of anilines is 1. The predicted octanol–water partition coefficient (Wildman–Crippen LogP) is 0.312. The number of sulfonamides is 1. The fraction of sp³-hybridized carbons (Fsp3) is 0.200. The Kier molecular flexibility index (Phi) is 3.76. The maximum Gasteiger partial charge on any atom is 0.242 e. The van der Waals surface area contributed by atoms with Gasteiger partial charge in [-0.2, -0.15) is 4.98 Å². The summed E-state index contributed by atoms with van der Waals surface area (Å²) in [7, 11) is -3.87. The largest absolute Gasteiger partial charge is 0.398 e. The van der Waals surface area contributed by atoms with Crippen LogP contribution in [0.2, 0.25) is 0 Å². The second-order valence-electron chi connectivity index (χ2n) is 3.68. The number of halogens is 1. The molecule has 102 valence electrons. The maximum absolute atomic E-state index is 13.0. The molecule has 0 bridgehead atoms. The fourth-order valence-electron chi connectivity index (χ4n) is 1.42. The Morgan fingerprint density at radius 3 is 2.89 bits per heavy atom. The molecule has 1 heterocycles. The first kappa shape index (κ1) is 13.4. The first-order chi connectivity index (χ1) is 8.99. The van der Waals surface area contributed by atoms with Crippen LogP contribution >= 0.6 is 0 Å². The van der Waals surface area contributed by atoms with E-state index < -0.39 is 15.8 Å². The Morgan fingerprint density at radius 1 is 1.42 bits per heavy atom. The third-order valence-electron chi connectivity index (χ3n) is 2.31. The van der Waals surface area contributed by atoms with Gasteiger partial charge in [-0.05, 0) is 18.2 Å². The van der Waals surface area contributed by atoms with E-state index in [1.807, 2.05) is 0 Å². The lowest BCUT2D eigenvalue weighted by molar-refractivity contribution is 0.410. The number of nitrogens with zero attached hydrogens (tertiary/aromatic N) is 2. The molecule has 19 heavy (non-hydrogen) atoms. The summed E-state index contributed by atoms with van der Waals surface area (Å²) in [5.74, 6) is -0.303. The summed E-state index contributed by atoms with van der Waals surface area (Å²) in [5, 5.41) is 3.53. The zero-order valence-corrected chi connectivity index (χ0v) is 10.5. The van der Waals surface area contributed by atoms with Gasteiger partial charge in [0.15, 0.2) is 5.82 Å². The van der Waals surface area contributed by atoms with Crippen LogP contribution in [0.15, 0.2) is 34.0 Å². The number of nitrogens with one attached hydrogen (secondary N) is 1. The van der Waals surface area contributed by atoms with Gasteiger partial charge in [0.2, 0.25) is 16.4 Å². The molecule has 0 radical (unpaired) electrons. The molecule has 0 amide bonds. The number of rotatable bonds is 5. The molecule has 0 aliphatic rings. The van der Waals surface area contributed by atoms with Crippen LogP contribution in [0.25, 0.3) is 0 Å². The first-order valence-corrected chi connectivity index (χ1v) is 6.77. The van der Waals surface area contributed by atoms with Gasteiger partial charge in [-0.1, -0.05) is 5.16 Å². The SMILES string of the molecule is Nc1ccc(F)cc1S(=O)(=O)NCCc1ncon1. The molecule has 0 aliphatic carbocycles. The molecule has 0 aliphatic heterocycles. The minimum Gasteiger partial charge on any atom is -0.398 e. The van der Waals surface area contributed by atoms with Crippen LogP contribution in [0, 0.1) is 5.82 Å². The second-order valence-corrected chi connectivity index (χ2v) is 5.41. The van der Waals surface area contributed by atoms with Gasteiger partial charge in [-0.25, -0.2) is 17.5 Å². The molecule has 0 spiro atoms. The van der Waals surface area contributed by atoms with Crippen LogP contribution in [0.3, 0.4) is 0 Å². The second kappa shape index (κ2) is 5.33. The highest BCUT2D eigenvalue weighted by Gasteiger charge is 2.18. The van der Waals surface area contributed by atoms with Crippen LogP contribution in [-0.2, 0) is 16.4 Å². The van der Waals surface area contributed by atoms with E-state index in [2.05, 4.69) is 19.4 Å². The van der Waals surface area contributed by atoms with E-state index in [1.165, 1.54) is 6.07 Å². The molecule has 1 aromatic heterocycles. The van der Waals surface area contributed by atoms with Gasteiger partial charge in [-0.15, -0.1) is 0 Å². The molecule has 0 fully saturated rings. The molecule has 0 saturated heterocycles. The van der Waals surface area contributed by atoms with Crippen molar-refractivity contribution in [3.05, 3.63) is 36.2 Å². The molecule has 1 aromatic carbocycles. The Balaban J connectivity index is 2.07. The van der Waals surface area contributed by atoms with Crippen LogP contribution in [0.1, 0.15) is 5.82 Å². The van der Waals surface area contributed by atoms with Gasteiger partial charge in [0, 0.05) is 13.0 Å². The van der Waals surface area contributed by atoms with Crippen molar-refractivity contribution in [1.29, 1.82) is 0 Å². The van der Waals surface area contributed by atoms with E-state index >= 15 is 0 Å². The van der Waals surface area contributed by atoms with Crippen LogP contribution in [0.4, 0.5) is 10.1 Å². The van der Waals surface area contributed by atoms with Gasteiger partial charge in [0.25, 0.3) is 0 Å². The monoisotopic (exact) mass is 286 g/mol. The summed E-state index contributed by atoms with van der Waals surface area (Å²) in [6, 6.07) is 3.16. The average molecular weight is 286 g/mol. The lowest BCUT2D eigenvalue weighted by Crippen LogP contribution is -2.27. The van der Waals surface area contributed by atoms with Crippen molar-refractivity contribution < 1.29 is 17.3 Å². The Labute approximate surface area is 108 Å². The van der Waals surface area contributed by atoms with Crippen molar-refractivity contribution in [1.82, 2.24) is 14.9 Å². The zero-order valence-electron chi connectivity index (χ0n) is 9.71. The number of aromatic nitrogens is 2. The highest BCUT2D eigenvalue weighted by Crippen LogP contribution is 2.18. The normalized spacial score (nSPS) is 11.6. The van der Waals surface area contributed by atoms with Crippen LogP contribution in [0.5, 0.6) is 0 Å². The molecule has 2 aromatic rings. The quantitative estimate of drug-likeness (QED) is 0.765. The summed E-state index contributed by atoms with van der Waals surface area (Å²) in [6.07, 6.45) is 1.40. The topological polar surface area (TPSA) is 111 Å². The molecule has 9 heteroatoms. The molecule has 0 unspecified atom stereocenters. The standard InChI is InChI=1S/C10H11FN4O3S/c11-7-1-2-8(12)9(5-7)19(16,17)14-4-3-10-13-6-18-15-10/h1-2,5-6,14H,3-4,12H2. The van der Waals surface area contributed by atoms with Crippen LogP contribution in [-0.4, -0.2) is 25.1 Å². The molecule has 3 N–H and O–H groups in total. The summed E-state index contributed by atoms with van der Waals surface area (Å²) in [5.41, 5.74) is 5.50. The first-order valence-electron chi connectivity index (χ1n) is 5.29. The van der Waals surface area contributed by atoms with Crippen molar-refractivity contribution in [2.75, 3.05) is 12.3 Å². The number of nitrogens with two attached hydrogens (primary N) is 1. The highest BCUT2D eigenvalue weighted by atomic mass is 32.2. The summed E-state index contributed by atoms with van der Waals surface area (Å²) >= 11 is 0. The third-order valence-corrected chi connectivity index (χ3v) is 3.83. The predicted molar refractivity (Wildman–Crippen MR) is 64.0 cm³/mol. The Morgan fingerprint density at radius 2 is 2.21 bits per heavy atom. The number of hydrogen-bond donors (Lipinski definition) is 2. The minimum absolute atomic E-state index is 0.0199. The fourth-order valence-corrected chi connectivity index (χ4v) is 2.59. The number of nitrogen functional groups attached to an aromatic ring is 1. The minimum atomic E-state index is -3.87. The lowest BCUT2D eigenvalue weighted by atomic mass is 10.3. The molecular weight excluding hydrogens is 275 g/mol. The number of hydrogen-bond acceptors (Lipinski definition) is 6. The van der Waals surface area contributed by atoms with Crippen molar-refractivity contribution in [2.45, 2.75) is 11.3 Å². The van der Waals surface area contributed by atoms with E-state index in [0.717, 1.165) is 18.5 Å².